The van der Waals surface area contributed by atoms with E-state index in [1.807, 2.05) is 23.1 Å². The van der Waals surface area contributed by atoms with Gasteiger partial charge in [-0.15, -0.1) is 0 Å². The minimum absolute atomic E-state index is 0.0305. The molecule has 1 aromatic heterocycles. The number of benzene rings is 2. The number of amides is 2. The number of para-hydroxylation sites is 1. The number of aryl methyl sites for hydroxylation is 1. The Morgan fingerprint density at radius 2 is 2.07 bits per heavy atom. The van der Waals surface area contributed by atoms with E-state index in [4.69, 9.17) is 0 Å². The Balaban J connectivity index is 1.31. The first kappa shape index (κ1) is 17.6. The van der Waals surface area contributed by atoms with Gasteiger partial charge in [0.2, 0.25) is 0 Å². The highest BCUT2D eigenvalue weighted by Gasteiger charge is 2.24. The molecule has 1 aliphatic rings. The minimum atomic E-state index is 0.0305. The number of H-pyrrole nitrogens is 1. The van der Waals surface area contributed by atoms with Crippen LogP contribution in [0.3, 0.4) is 0 Å². The average Bonchev–Trinajstić information content (AvgIpc) is 3.13. The number of urea groups is 1. The molecule has 0 radical (unpaired) electrons. The van der Waals surface area contributed by atoms with E-state index in [1.54, 1.807) is 0 Å². The van der Waals surface area contributed by atoms with E-state index in [-0.39, 0.29) is 6.03 Å². The maximum absolute atomic E-state index is 12.6. The third-order valence-electron chi connectivity index (χ3n) is 5.38. The van der Waals surface area contributed by atoms with Crippen LogP contribution in [-0.2, 0) is 6.42 Å². The summed E-state index contributed by atoms with van der Waals surface area (Å²) < 4.78 is 0. The second-order valence-corrected chi connectivity index (χ2v) is 7.33. The Bertz CT molecular complexity index is 918. The lowest BCUT2D eigenvalue weighted by atomic mass is 9.91. The predicted octanol–water partition coefficient (Wildman–Crippen LogP) is 4.00. The quantitative estimate of drug-likeness (QED) is 0.737. The summed E-state index contributed by atoms with van der Waals surface area (Å²) in [5, 5.41) is 3.06. The van der Waals surface area contributed by atoms with Crippen molar-refractivity contribution in [2.24, 2.45) is 0 Å². The number of nitrogens with one attached hydrogen (secondary N) is 2. The van der Waals surface area contributed by atoms with Gasteiger partial charge in [-0.3, -0.25) is 0 Å². The van der Waals surface area contributed by atoms with Crippen molar-refractivity contribution in [1.29, 1.82) is 0 Å². The van der Waals surface area contributed by atoms with Crippen LogP contribution in [0.25, 0.3) is 11.0 Å². The fraction of sp³-hybridized carbons (Fsp3) is 0.364. The van der Waals surface area contributed by atoms with Crippen molar-refractivity contribution in [3.05, 3.63) is 65.5 Å². The molecular formula is C22H26N4O. The molecule has 27 heavy (non-hydrogen) atoms. The lowest BCUT2D eigenvalue weighted by Crippen LogP contribution is -2.45. The smallest absolute Gasteiger partial charge is 0.317 e. The number of imidazole rings is 1. The number of likely N-dealkylation sites (tertiary alicyclic amines) is 1. The van der Waals surface area contributed by atoms with Crippen molar-refractivity contribution in [2.75, 3.05) is 19.6 Å². The molecule has 1 unspecified atom stereocenters. The highest BCUT2D eigenvalue weighted by atomic mass is 16.2. The van der Waals surface area contributed by atoms with Crippen LogP contribution in [0.1, 0.15) is 35.7 Å². The van der Waals surface area contributed by atoms with Gasteiger partial charge < -0.3 is 15.2 Å². The predicted molar refractivity (Wildman–Crippen MR) is 108 cm³/mol. The number of carbonyl (C=O) groups excluding carboxylic acids is 1. The van der Waals surface area contributed by atoms with Crippen LogP contribution in [0.15, 0.2) is 48.5 Å². The van der Waals surface area contributed by atoms with Crippen molar-refractivity contribution in [1.82, 2.24) is 20.2 Å². The normalized spacial score (nSPS) is 17.2. The molecule has 0 saturated carbocycles. The average molecular weight is 362 g/mol. The number of nitrogens with zero attached hydrogens (tertiary/aromatic N) is 2. The maximum atomic E-state index is 12.6. The van der Waals surface area contributed by atoms with Crippen molar-refractivity contribution in [3.63, 3.8) is 0 Å². The monoisotopic (exact) mass is 362 g/mol. The van der Waals surface area contributed by atoms with Crippen LogP contribution in [0.4, 0.5) is 4.79 Å². The van der Waals surface area contributed by atoms with Crippen LogP contribution >= 0.6 is 0 Å². The largest absolute Gasteiger partial charge is 0.342 e. The second kappa shape index (κ2) is 7.82. The summed E-state index contributed by atoms with van der Waals surface area (Å²) >= 11 is 0. The molecule has 4 rings (SSSR count). The maximum Gasteiger partial charge on any atom is 0.317 e. The summed E-state index contributed by atoms with van der Waals surface area (Å²) in [5.74, 6) is 1.35. The van der Waals surface area contributed by atoms with Gasteiger partial charge in [0.05, 0.1) is 11.0 Å². The molecule has 140 valence electrons. The summed E-state index contributed by atoms with van der Waals surface area (Å²) in [5.41, 5.74) is 4.56. The number of aromatic amines is 1. The topological polar surface area (TPSA) is 61.0 Å². The lowest BCUT2D eigenvalue weighted by molar-refractivity contribution is 0.179. The Hall–Kier alpha value is -2.82. The zero-order chi connectivity index (χ0) is 18.6. The highest BCUT2D eigenvalue weighted by Crippen LogP contribution is 2.26. The number of fused-ring (bicyclic) bond motifs is 1. The summed E-state index contributed by atoms with van der Waals surface area (Å²) in [6.45, 7) is 4.27. The van der Waals surface area contributed by atoms with E-state index in [0.717, 1.165) is 42.8 Å². The zero-order valence-corrected chi connectivity index (χ0v) is 15.7. The lowest BCUT2D eigenvalue weighted by Gasteiger charge is -2.33. The van der Waals surface area contributed by atoms with Crippen molar-refractivity contribution in [2.45, 2.75) is 32.1 Å². The number of rotatable bonds is 4. The molecule has 0 aliphatic carbocycles. The Kier molecular flexibility index (Phi) is 5.10. The third kappa shape index (κ3) is 3.97. The van der Waals surface area contributed by atoms with E-state index in [2.05, 4.69) is 52.5 Å². The summed E-state index contributed by atoms with van der Waals surface area (Å²) in [4.78, 5) is 22.5. The number of hydrogen-bond donors (Lipinski definition) is 2. The Labute approximate surface area is 159 Å². The first-order chi connectivity index (χ1) is 13.2. The van der Waals surface area contributed by atoms with Crippen LogP contribution in [0, 0.1) is 6.92 Å². The van der Waals surface area contributed by atoms with Crippen LogP contribution in [0.5, 0.6) is 0 Å². The summed E-state index contributed by atoms with van der Waals surface area (Å²) in [6.07, 6.45) is 2.90. The van der Waals surface area contributed by atoms with E-state index < -0.39 is 0 Å². The molecule has 2 heterocycles. The Morgan fingerprint density at radius 3 is 2.89 bits per heavy atom. The van der Waals surface area contributed by atoms with E-state index in [1.165, 1.54) is 11.1 Å². The molecule has 3 aromatic rings. The molecule has 1 fully saturated rings. The molecule has 0 bridgehead atoms. The minimum Gasteiger partial charge on any atom is -0.342 e. The van der Waals surface area contributed by atoms with Gasteiger partial charge in [0.15, 0.2) is 0 Å². The molecule has 2 amide bonds. The molecule has 2 aromatic carbocycles. The van der Waals surface area contributed by atoms with Gasteiger partial charge >= 0.3 is 6.03 Å². The van der Waals surface area contributed by atoms with Gasteiger partial charge in [-0.05, 0) is 37.0 Å². The van der Waals surface area contributed by atoms with Crippen molar-refractivity contribution < 1.29 is 4.79 Å². The molecular weight excluding hydrogens is 336 g/mol. The van der Waals surface area contributed by atoms with E-state index in [9.17, 15) is 4.79 Å². The molecule has 5 nitrogen and oxygen atoms in total. The number of piperidine rings is 1. The third-order valence-corrected chi connectivity index (χ3v) is 5.38. The first-order valence-electron chi connectivity index (χ1n) is 9.72. The van der Waals surface area contributed by atoms with Gasteiger partial charge in [0, 0.05) is 32.0 Å². The van der Waals surface area contributed by atoms with Crippen LogP contribution in [0.2, 0.25) is 0 Å². The molecule has 1 aliphatic heterocycles. The first-order valence-corrected chi connectivity index (χ1v) is 9.72. The molecule has 1 atom stereocenters. The fourth-order valence-corrected chi connectivity index (χ4v) is 3.90. The molecule has 5 heteroatoms. The fourth-order valence-electron chi connectivity index (χ4n) is 3.90. The van der Waals surface area contributed by atoms with Crippen molar-refractivity contribution >= 4 is 17.1 Å². The van der Waals surface area contributed by atoms with E-state index in [0.29, 0.717) is 18.9 Å². The van der Waals surface area contributed by atoms with Gasteiger partial charge in [0.1, 0.15) is 5.82 Å². The summed E-state index contributed by atoms with van der Waals surface area (Å²) in [7, 11) is 0. The molecule has 2 N–H and O–H groups in total. The number of carbonyl (C=O) groups is 1. The highest BCUT2D eigenvalue weighted by molar-refractivity contribution is 5.78. The van der Waals surface area contributed by atoms with Gasteiger partial charge in [-0.25, -0.2) is 9.78 Å². The SMILES string of the molecule is Cc1cccc2[nH]c(CCNC(=O)N3CCCC(c4ccccc4)C3)nc12. The number of hydrogen-bond acceptors (Lipinski definition) is 2. The van der Waals surface area contributed by atoms with Gasteiger partial charge in [-0.1, -0.05) is 42.5 Å². The van der Waals surface area contributed by atoms with Crippen LogP contribution in [-0.4, -0.2) is 40.5 Å². The van der Waals surface area contributed by atoms with Gasteiger partial charge in [-0.2, -0.15) is 0 Å². The zero-order valence-electron chi connectivity index (χ0n) is 15.7. The Morgan fingerprint density at radius 1 is 1.22 bits per heavy atom. The van der Waals surface area contributed by atoms with Crippen LogP contribution < -0.4 is 5.32 Å². The molecule has 0 spiro atoms. The van der Waals surface area contributed by atoms with Gasteiger partial charge in [0.25, 0.3) is 0 Å². The number of aromatic nitrogens is 2. The van der Waals surface area contributed by atoms with E-state index >= 15 is 0 Å². The van der Waals surface area contributed by atoms with Crippen molar-refractivity contribution in [3.8, 4) is 0 Å². The molecule has 1 saturated heterocycles. The standard InChI is InChI=1S/C22H26N4O/c1-16-7-5-11-19-21(16)25-20(24-19)12-13-23-22(27)26-14-6-10-18(15-26)17-8-3-2-4-9-17/h2-5,7-9,11,18H,6,10,12-15H2,1H3,(H,23,27)(H,24,25). The second-order valence-electron chi connectivity index (χ2n) is 7.33. The summed E-state index contributed by atoms with van der Waals surface area (Å²) in [6, 6.07) is 16.7.